The third-order valence-corrected chi connectivity index (χ3v) is 9.73. The molecule has 0 unspecified atom stereocenters. The lowest BCUT2D eigenvalue weighted by Gasteiger charge is -2.67. The number of aliphatic hydroxyl groups is 2. The quantitative estimate of drug-likeness (QED) is 0.704. The van der Waals surface area contributed by atoms with Gasteiger partial charge in [0, 0.05) is 18.3 Å². The van der Waals surface area contributed by atoms with Crippen molar-refractivity contribution in [2.45, 2.75) is 103 Å². The number of hydrogen-bond donors (Lipinski definition) is 2. The lowest BCUT2D eigenvalue weighted by Crippen LogP contribution is -2.73. The number of carbonyl (C=O) groups is 2. The Morgan fingerprint density at radius 2 is 1.64 bits per heavy atom. The lowest BCUT2D eigenvalue weighted by molar-refractivity contribution is -0.297. The van der Waals surface area contributed by atoms with Gasteiger partial charge in [-0.15, -0.1) is 0 Å². The molecule has 0 amide bonds. The fraction of sp³-hybridized carbons (Fsp3) is 0.913. The van der Waals surface area contributed by atoms with Gasteiger partial charge < -0.3 is 14.9 Å². The zero-order valence-corrected chi connectivity index (χ0v) is 17.8. The van der Waals surface area contributed by atoms with Crippen LogP contribution in [0.5, 0.6) is 0 Å². The van der Waals surface area contributed by atoms with E-state index in [1.807, 2.05) is 6.92 Å². The lowest BCUT2D eigenvalue weighted by atomic mass is 9.41. The third-order valence-electron chi connectivity index (χ3n) is 9.73. The van der Waals surface area contributed by atoms with Gasteiger partial charge in [0.05, 0.1) is 11.2 Å². The molecule has 5 heteroatoms. The summed E-state index contributed by atoms with van der Waals surface area (Å²) in [5.74, 6) is 0.189. The minimum Gasteiger partial charge on any atom is -0.463 e. The second-order valence-corrected chi connectivity index (χ2v) is 10.7. The van der Waals surface area contributed by atoms with E-state index in [2.05, 4.69) is 6.92 Å². The molecule has 5 nitrogen and oxygen atoms in total. The molecule has 0 aromatic carbocycles. The van der Waals surface area contributed by atoms with Crippen LogP contribution in [0.2, 0.25) is 0 Å². The van der Waals surface area contributed by atoms with Crippen molar-refractivity contribution < 1.29 is 24.5 Å². The number of ether oxygens (including phenoxy) is 1. The predicted octanol–water partition coefficient (Wildman–Crippen LogP) is 3.40. The molecule has 0 aromatic rings. The number of hydrogen-bond acceptors (Lipinski definition) is 5. The van der Waals surface area contributed by atoms with Crippen molar-refractivity contribution in [2.24, 2.45) is 28.6 Å². The maximum Gasteiger partial charge on any atom is 0.302 e. The summed E-state index contributed by atoms with van der Waals surface area (Å²) < 4.78 is 5.50. The van der Waals surface area contributed by atoms with Crippen molar-refractivity contribution in [2.75, 3.05) is 0 Å². The van der Waals surface area contributed by atoms with E-state index in [-0.39, 0.29) is 35.1 Å². The first-order chi connectivity index (χ1) is 13.0. The van der Waals surface area contributed by atoms with Crippen LogP contribution >= 0.6 is 0 Å². The van der Waals surface area contributed by atoms with Crippen molar-refractivity contribution in [3.63, 3.8) is 0 Å². The van der Waals surface area contributed by atoms with Gasteiger partial charge in [0.15, 0.2) is 0 Å². The molecular formula is C23H36O5. The zero-order chi connectivity index (χ0) is 20.5. The number of rotatable bonds is 2. The fourth-order valence-corrected chi connectivity index (χ4v) is 8.24. The van der Waals surface area contributed by atoms with Crippen LogP contribution in [0.1, 0.15) is 85.5 Å². The van der Waals surface area contributed by atoms with E-state index >= 15 is 0 Å². The smallest absolute Gasteiger partial charge is 0.302 e. The first-order valence-corrected chi connectivity index (χ1v) is 11.1. The Labute approximate surface area is 168 Å². The Morgan fingerprint density at radius 1 is 0.929 bits per heavy atom. The topological polar surface area (TPSA) is 83.8 Å². The van der Waals surface area contributed by atoms with Crippen LogP contribution in [-0.2, 0) is 14.3 Å². The summed E-state index contributed by atoms with van der Waals surface area (Å²) in [4.78, 5) is 23.7. The van der Waals surface area contributed by atoms with Crippen LogP contribution in [0.4, 0.5) is 0 Å². The van der Waals surface area contributed by atoms with Crippen LogP contribution < -0.4 is 0 Å². The number of ketones is 1. The molecule has 4 saturated carbocycles. The van der Waals surface area contributed by atoms with Gasteiger partial charge in [0.1, 0.15) is 11.9 Å². The Bertz CT molecular complexity index is 690. The van der Waals surface area contributed by atoms with Crippen LogP contribution in [0.3, 0.4) is 0 Å². The minimum atomic E-state index is -1.19. The fourth-order valence-electron chi connectivity index (χ4n) is 8.24. The summed E-state index contributed by atoms with van der Waals surface area (Å²) >= 11 is 0. The molecule has 4 aliphatic carbocycles. The second-order valence-electron chi connectivity index (χ2n) is 10.7. The molecule has 4 fully saturated rings. The molecule has 0 radical (unpaired) electrons. The van der Waals surface area contributed by atoms with Crippen LogP contribution in [0.15, 0.2) is 0 Å². The monoisotopic (exact) mass is 392 g/mol. The summed E-state index contributed by atoms with van der Waals surface area (Å²) in [5, 5.41) is 24.0. The molecule has 0 saturated heterocycles. The van der Waals surface area contributed by atoms with E-state index in [0.29, 0.717) is 25.2 Å². The van der Waals surface area contributed by atoms with E-state index in [1.54, 1.807) is 6.92 Å². The normalized spacial score (nSPS) is 52.9. The molecule has 0 heterocycles. The molecule has 0 bridgehead atoms. The molecule has 0 spiro atoms. The Morgan fingerprint density at radius 3 is 2.29 bits per heavy atom. The van der Waals surface area contributed by atoms with Crippen molar-refractivity contribution in [1.82, 2.24) is 0 Å². The Kier molecular flexibility index (Phi) is 4.56. The van der Waals surface area contributed by atoms with Crippen molar-refractivity contribution >= 4 is 11.8 Å². The average molecular weight is 393 g/mol. The first kappa shape index (κ1) is 20.3. The van der Waals surface area contributed by atoms with E-state index in [9.17, 15) is 19.8 Å². The maximum atomic E-state index is 12.3. The summed E-state index contributed by atoms with van der Waals surface area (Å²) in [7, 11) is 0. The van der Waals surface area contributed by atoms with Crippen LogP contribution in [0.25, 0.3) is 0 Å². The summed E-state index contributed by atoms with van der Waals surface area (Å²) in [6.45, 7) is 7.41. The maximum absolute atomic E-state index is 12.3. The van der Waals surface area contributed by atoms with Gasteiger partial charge in [-0.3, -0.25) is 9.59 Å². The van der Waals surface area contributed by atoms with Crippen molar-refractivity contribution in [3.8, 4) is 0 Å². The number of fused-ring (bicyclic) bond motifs is 5. The molecule has 4 aliphatic rings. The molecule has 4 rings (SSSR count). The van der Waals surface area contributed by atoms with Gasteiger partial charge in [0.25, 0.3) is 0 Å². The molecule has 158 valence electrons. The van der Waals surface area contributed by atoms with Gasteiger partial charge >= 0.3 is 5.97 Å². The van der Waals surface area contributed by atoms with E-state index in [1.165, 1.54) is 6.92 Å². The largest absolute Gasteiger partial charge is 0.463 e. The average Bonchev–Trinajstić information content (AvgIpc) is 2.88. The molecule has 2 N–H and O–H groups in total. The van der Waals surface area contributed by atoms with Gasteiger partial charge in [-0.2, -0.15) is 0 Å². The van der Waals surface area contributed by atoms with Gasteiger partial charge in [0.2, 0.25) is 0 Å². The van der Waals surface area contributed by atoms with E-state index < -0.39 is 16.6 Å². The SMILES string of the molecule is CC(=O)O[C@H]1CC[C@@]2(C)[C@@H](CC[C@@]3(O)[C@@H]2CC[C@]2(C)[C@H](C(C)=O)CC[C@]32O)C1. The highest BCUT2D eigenvalue weighted by atomic mass is 16.5. The number of Topliss-reactive ketones (excluding diaryl/α,β-unsaturated/α-hetero) is 1. The summed E-state index contributed by atoms with van der Waals surface area (Å²) in [5.41, 5.74) is -2.93. The van der Waals surface area contributed by atoms with Gasteiger partial charge in [-0.25, -0.2) is 0 Å². The van der Waals surface area contributed by atoms with E-state index in [4.69, 9.17) is 4.74 Å². The molecular weight excluding hydrogens is 356 g/mol. The summed E-state index contributed by atoms with van der Waals surface area (Å²) in [6.07, 6.45) is 6.80. The van der Waals surface area contributed by atoms with Crippen LogP contribution in [-0.4, -0.2) is 39.3 Å². The molecule has 0 aromatic heterocycles. The summed E-state index contributed by atoms with van der Waals surface area (Å²) in [6, 6.07) is 0. The van der Waals surface area contributed by atoms with E-state index in [0.717, 1.165) is 38.5 Å². The number of esters is 1. The van der Waals surface area contributed by atoms with Gasteiger partial charge in [-0.1, -0.05) is 13.8 Å². The minimum absolute atomic E-state index is 0.0210. The molecule has 0 aliphatic heterocycles. The highest BCUT2D eigenvalue weighted by Gasteiger charge is 2.74. The van der Waals surface area contributed by atoms with Crippen LogP contribution in [0, 0.1) is 28.6 Å². The first-order valence-electron chi connectivity index (χ1n) is 11.1. The second kappa shape index (κ2) is 6.28. The highest BCUT2D eigenvalue weighted by Crippen LogP contribution is 2.70. The Hall–Kier alpha value is -0.940. The standard InChI is InChI=1S/C23H36O5/c1-14(24)18-7-12-23(27)21(18,4)10-8-19-20(3)9-6-17(28-15(2)25)13-16(20)5-11-22(19,23)26/h16-19,26-27H,5-13H2,1-4H3/t16-,17-,18-,19+,20-,21+,22+,23+/m0/s1. The van der Waals surface area contributed by atoms with Gasteiger partial charge in [-0.05, 0) is 82.0 Å². The van der Waals surface area contributed by atoms with Crippen molar-refractivity contribution in [1.29, 1.82) is 0 Å². The zero-order valence-electron chi connectivity index (χ0n) is 17.8. The van der Waals surface area contributed by atoms with Crippen molar-refractivity contribution in [3.05, 3.63) is 0 Å². The third kappa shape index (κ3) is 2.44. The number of carbonyl (C=O) groups excluding carboxylic acids is 2. The highest BCUT2D eigenvalue weighted by molar-refractivity contribution is 5.80. The predicted molar refractivity (Wildman–Crippen MR) is 104 cm³/mol. The molecule has 28 heavy (non-hydrogen) atoms. The Balaban J connectivity index is 1.65. The molecule has 8 atom stereocenters.